The van der Waals surface area contributed by atoms with Crippen LogP contribution in [0.1, 0.15) is 55.1 Å². The number of β-amino-alcohol motifs (C(OH)–C–C–N with tert-alkyl or cyclic N) is 1. The molecule has 2 atom stereocenters. The Balaban J connectivity index is 1.65. The van der Waals surface area contributed by atoms with Crippen LogP contribution in [0.15, 0.2) is 78.9 Å². The number of aliphatic hydroxyl groups is 2. The van der Waals surface area contributed by atoms with Gasteiger partial charge < -0.3 is 31.5 Å². The summed E-state index contributed by atoms with van der Waals surface area (Å²) < 4.78 is 0. The van der Waals surface area contributed by atoms with E-state index in [1.807, 2.05) is 93.6 Å². The van der Waals surface area contributed by atoms with E-state index in [1.165, 1.54) is 0 Å². The molecule has 9 nitrogen and oxygen atoms in total. The topological polar surface area (TPSA) is 140 Å². The molecule has 43 heavy (non-hydrogen) atoms. The molecule has 3 rings (SSSR count). The predicted molar refractivity (Wildman–Crippen MR) is 168 cm³/mol. The maximum atomic E-state index is 13.3. The fourth-order valence-electron chi connectivity index (χ4n) is 4.70. The summed E-state index contributed by atoms with van der Waals surface area (Å²) in [6, 6.07) is 24.2. The van der Waals surface area contributed by atoms with Crippen molar-refractivity contribution in [2.75, 3.05) is 19.7 Å². The largest absolute Gasteiger partial charge is 0.394 e. The standard InChI is InChI=1S/C34H44N4O5/c1-4-35-32(42)29-13-9-8-12-28(29)26-17-14-25(15-18-26)21-36-33(43)30(19-16-24-10-6-5-7-11-24)38-31(41)20-34(2,3)37-22-27(40)23-39/h5-15,17-18,27,30,37,39-40H,4,16,19-23H2,1-3H3,(H,35,42)(H,36,43)(H,38,41)/t27-,30+/m0/s1. The van der Waals surface area contributed by atoms with E-state index >= 15 is 0 Å². The third kappa shape index (κ3) is 10.9. The molecule has 0 heterocycles. The van der Waals surface area contributed by atoms with E-state index in [4.69, 9.17) is 5.11 Å². The summed E-state index contributed by atoms with van der Waals surface area (Å²) in [4.78, 5) is 38.8. The smallest absolute Gasteiger partial charge is 0.251 e. The first kappa shape index (κ1) is 33.5. The Morgan fingerprint density at radius 2 is 1.53 bits per heavy atom. The number of nitrogens with one attached hydrogen (secondary N) is 4. The first-order valence-electron chi connectivity index (χ1n) is 14.7. The van der Waals surface area contributed by atoms with Crippen molar-refractivity contribution in [3.63, 3.8) is 0 Å². The molecule has 9 heteroatoms. The van der Waals surface area contributed by atoms with Crippen molar-refractivity contribution in [3.05, 3.63) is 95.6 Å². The van der Waals surface area contributed by atoms with Crippen molar-refractivity contribution in [2.45, 2.75) is 64.3 Å². The fraction of sp³-hybridized carbons (Fsp3) is 0.382. The third-order valence-electron chi connectivity index (χ3n) is 7.09. The summed E-state index contributed by atoms with van der Waals surface area (Å²) in [7, 11) is 0. The molecule has 0 aliphatic rings. The number of aryl methyl sites for hydroxylation is 1. The Kier molecular flexibility index (Phi) is 12.9. The van der Waals surface area contributed by atoms with Crippen LogP contribution in [0.25, 0.3) is 11.1 Å². The van der Waals surface area contributed by atoms with Crippen molar-refractivity contribution in [1.29, 1.82) is 0 Å². The van der Waals surface area contributed by atoms with Gasteiger partial charge in [-0.1, -0.05) is 72.8 Å². The highest BCUT2D eigenvalue weighted by atomic mass is 16.3. The third-order valence-corrected chi connectivity index (χ3v) is 7.09. The van der Waals surface area contributed by atoms with Crippen LogP contribution in [-0.2, 0) is 22.6 Å². The molecule has 0 fully saturated rings. The van der Waals surface area contributed by atoms with Crippen LogP contribution in [0.2, 0.25) is 0 Å². The maximum absolute atomic E-state index is 13.3. The van der Waals surface area contributed by atoms with Crippen molar-refractivity contribution >= 4 is 17.7 Å². The number of carbonyl (C=O) groups excluding carboxylic acids is 3. The molecule has 3 aromatic rings. The number of amides is 3. The maximum Gasteiger partial charge on any atom is 0.251 e. The average molecular weight is 589 g/mol. The first-order valence-corrected chi connectivity index (χ1v) is 14.7. The number of hydrogen-bond acceptors (Lipinski definition) is 6. The number of hydrogen-bond donors (Lipinski definition) is 6. The lowest BCUT2D eigenvalue weighted by Gasteiger charge is -2.28. The number of benzene rings is 3. The van der Waals surface area contributed by atoms with E-state index in [0.717, 1.165) is 22.3 Å². The molecule has 0 aliphatic carbocycles. The summed E-state index contributed by atoms with van der Waals surface area (Å²) in [5, 5.41) is 30.5. The Hall–Kier alpha value is -4.05. The summed E-state index contributed by atoms with van der Waals surface area (Å²) in [5.41, 5.74) is 3.62. The molecule has 0 unspecified atom stereocenters. The van der Waals surface area contributed by atoms with Crippen molar-refractivity contribution in [3.8, 4) is 11.1 Å². The van der Waals surface area contributed by atoms with Gasteiger partial charge in [-0.2, -0.15) is 0 Å². The van der Waals surface area contributed by atoms with E-state index in [2.05, 4.69) is 21.3 Å². The van der Waals surface area contributed by atoms with Crippen LogP contribution in [0.4, 0.5) is 0 Å². The highest BCUT2D eigenvalue weighted by Crippen LogP contribution is 2.24. The van der Waals surface area contributed by atoms with Gasteiger partial charge in [-0.25, -0.2) is 0 Å². The number of aliphatic hydroxyl groups excluding tert-OH is 2. The van der Waals surface area contributed by atoms with E-state index in [9.17, 15) is 19.5 Å². The Morgan fingerprint density at radius 3 is 2.21 bits per heavy atom. The van der Waals surface area contributed by atoms with E-state index in [1.54, 1.807) is 6.07 Å². The Morgan fingerprint density at radius 1 is 0.860 bits per heavy atom. The summed E-state index contributed by atoms with van der Waals surface area (Å²) >= 11 is 0. The predicted octanol–water partition coefficient (Wildman–Crippen LogP) is 2.95. The van der Waals surface area contributed by atoms with Gasteiger partial charge in [0.05, 0.1) is 12.7 Å². The number of carbonyl (C=O) groups is 3. The summed E-state index contributed by atoms with van der Waals surface area (Å²) in [5.74, 6) is -0.698. The van der Waals surface area contributed by atoms with Gasteiger partial charge in [0.25, 0.3) is 5.91 Å². The zero-order chi connectivity index (χ0) is 31.2. The minimum atomic E-state index is -0.920. The van der Waals surface area contributed by atoms with E-state index in [-0.39, 0.29) is 43.8 Å². The van der Waals surface area contributed by atoms with Gasteiger partial charge in [0, 0.05) is 37.2 Å². The van der Waals surface area contributed by atoms with Crippen molar-refractivity contribution in [2.24, 2.45) is 0 Å². The molecular weight excluding hydrogens is 544 g/mol. The molecule has 230 valence electrons. The quantitative estimate of drug-likeness (QED) is 0.152. The minimum Gasteiger partial charge on any atom is -0.394 e. The molecule has 0 spiro atoms. The molecule has 0 saturated carbocycles. The molecule has 0 aliphatic heterocycles. The zero-order valence-corrected chi connectivity index (χ0v) is 25.2. The SMILES string of the molecule is CCNC(=O)c1ccccc1-c1ccc(CNC(=O)[C@@H](CCc2ccccc2)NC(=O)CC(C)(C)NC[C@H](O)CO)cc1. The molecule has 0 bridgehead atoms. The molecule has 6 N–H and O–H groups in total. The highest BCUT2D eigenvalue weighted by Gasteiger charge is 2.26. The van der Waals surface area contributed by atoms with Crippen LogP contribution < -0.4 is 21.3 Å². The van der Waals surface area contributed by atoms with Crippen LogP contribution >= 0.6 is 0 Å². The van der Waals surface area contributed by atoms with Gasteiger partial charge in [0.1, 0.15) is 6.04 Å². The lowest BCUT2D eigenvalue weighted by Crippen LogP contribution is -2.51. The summed E-state index contributed by atoms with van der Waals surface area (Å²) in [6.07, 6.45) is 0.202. The van der Waals surface area contributed by atoms with Crippen molar-refractivity contribution in [1.82, 2.24) is 21.3 Å². The van der Waals surface area contributed by atoms with Gasteiger partial charge >= 0.3 is 0 Å². The second kappa shape index (κ2) is 16.6. The molecular formula is C34H44N4O5. The lowest BCUT2D eigenvalue weighted by molar-refractivity contribution is -0.129. The minimum absolute atomic E-state index is 0.0828. The molecule has 0 radical (unpaired) electrons. The molecule has 3 aromatic carbocycles. The Labute approximate surface area is 254 Å². The van der Waals surface area contributed by atoms with Gasteiger partial charge in [0.15, 0.2) is 0 Å². The van der Waals surface area contributed by atoms with Gasteiger partial charge in [-0.15, -0.1) is 0 Å². The van der Waals surface area contributed by atoms with E-state index in [0.29, 0.717) is 24.9 Å². The van der Waals surface area contributed by atoms with Crippen LogP contribution in [-0.4, -0.2) is 65.3 Å². The molecule has 0 saturated heterocycles. The first-order chi connectivity index (χ1) is 20.6. The second-order valence-electron chi connectivity index (χ2n) is 11.2. The lowest BCUT2D eigenvalue weighted by atomic mass is 9.98. The molecule has 3 amide bonds. The zero-order valence-electron chi connectivity index (χ0n) is 25.2. The van der Waals surface area contributed by atoms with E-state index < -0.39 is 17.7 Å². The summed E-state index contributed by atoms with van der Waals surface area (Å²) in [6.45, 7) is 6.13. The second-order valence-corrected chi connectivity index (χ2v) is 11.2. The average Bonchev–Trinajstić information content (AvgIpc) is 3.01. The van der Waals surface area contributed by atoms with Gasteiger partial charge in [-0.05, 0) is 61.9 Å². The monoisotopic (exact) mass is 588 g/mol. The highest BCUT2D eigenvalue weighted by molar-refractivity contribution is 6.00. The van der Waals surface area contributed by atoms with Crippen molar-refractivity contribution < 1.29 is 24.6 Å². The molecule has 0 aromatic heterocycles. The van der Waals surface area contributed by atoms with Crippen LogP contribution in [0.3, 0.4) is 0 Å². The van der Waals surface area contributed by atoms with Gasteiger partial charge in [0.2, 0.25) is 11.8 Å². The normalized spacial score (nSPS) is 12.7. The fourth-order valence-corrected chi connectivity index (χ4v) is 4.70. The van der Waals surface area contributed by atoms with Crippen LogP contribution in [0.5, 0.6) is 0 Å². The van der Waals surface area contributed by atoms with Crippen LogP contribution in [0, 0.1) is 0 Å². The number of rotatable bonds is 16. The Bertz CT molecular complexity index is 1330. The van der Waals surface area contributed by atoms with Gasteiger partial charge in [-0.3, -0.25) is 14.4 Å².